The van der Waals surface area contributed by atoms with Crippen LogP contribution in [0.3, 0.4) is 0 Å². The molecule has 7 N–H and O–H groups in total. The summed E-state index contributed by atoms with van der Waals surface area (Å²) in [5.41, 5.74) is 3.44. The lowest BCUT2D eigenvalue weighted by atomic mass is 9.92. The molecule has 0 aromatic heterocycles. The lowest BCUT2D eigenvalue weighted by molar-refractivity contribution is -0.138. The highest BCUT2D eigenvalue weighted by molar-refractivity contribution is 6.21. The van der Waals surface area contributed by atoms with Crippen molar-refractivity contribution >= 4 is 64.6 Å². The van der Waals surface area contributed by atoms with Gasteiger partial charge < -0.3 is 35.7 Å². The van der Waals surface area contributed by atoms with Crippen LogP contribution in [0.15, 0.2) is 112 Å². The van der Waals surface area contributed by atoms with E-state index in [9.17, 15) is 69.3 Å². The Balaban J connectivity index is 1.90. The van der Waals surface area contributed by atoms with Crippen LogP contribution >= 0.6 is 0 Å². The lowest BCUT2D eigenvalue weighted by Crippen LogP contribution is -2.08. The van der Waals surface area contributed by atoms with E-state index in [1.54, 1.807) is 13.0 Å². The van der Waals surface area contributed by atoms with Gasteiger partial charge in [0, 0.05) is 32.1 Å². The molecule has 5 aliphatic rings. The molecule has 0 aromatic carbocycles. The number of rotatable bonds is 19. The average Bonchev–Trinajstić information content (AvgIpc) is 3.80. The Labute approximate surface area is 329 Å². The molecule has 58 heavy (non-hydrogen) atoms. The van der Waals surface area contributed by atoms with Gasteiger partial charge in [0.2, 0.25) is 0 Å². The molecule has 0 amide bonds. The number of nitrogens with zero attached hydrogens (tertiary/aromatic N) is 4. The molecule has 8 bridgehead atoms. The van der Waals surface area contributed by atoms with E-state index < -0.39 is 67.5 Å². The minimum atomic E-state index is -1.30. The summed E-state index contributed by atoms with van der Waals surface area (Å²) in [4.78, 5) is 103. The summed E-state index contributed by atoms with van der Waals surface area (Å²) in [6.07, 6.45) is 1.95. The van der Waals surface area contributed by atoms with Crippen molar-refractivity contribution in [3.63, 3.8) is 0 Å². The monoisotopic (exact) mass is 798 g/mol. The van der Waals surface area contributed by atoms with E-state index in [1.165, 1.54) is 18.2 Å². The molecule has 5 heterocycles. The first-order valence-corrected chi connectivity index (χ1v) is 18.0. The molecule has 0 radical (unpaired) electrons. The van der Waals surface area contributed by atoms with Crippen LogP contribution in [0.5, 0.6) is 0 Å². The standard InChI is InChI=1S/C40H38N4O14/c1-18-19(2-7-34(45)46)27-15-32-24(12-39(55)56)23(6-11-38(53)54)31(44-32)17-33-25(13-40(57)58)22(5-10-37(51)52)30(43-33)16-29-21(4-9-36(49)50)20(3-8-35(47)48)28(42-29)14-26(18)41-27/h14-17H,2-13H2,1H3,(H,45,46)(H,47,48)(H,49,50)(H,51,52)(H,53,54)(H,55,56)(H,57,58). The fraction of sp³-hybridized carbons (Fsp3) is 0.325. The second-order valence-electron chi connectivity index (χ2n) is 13.7. The van der Waals surface area contributed by atoms with Gasteiger partial charge in [-0.1, -0.05) is 0 Å². The first kappa shape index (κ1) is 42.0. The van der Waals surface area contributed by atoms with Gasteiger partial charge in [-0.05, 0) is 108 Å². The first-order chi connectivity index (χ1) is 27.4. The molecule has 0 saturated carbocycles. The highest BCUT2D eigenvalue weighted by atomic mass is 16.4. The predicted octanol–water partition coefficient (Wildman–Crippen LogP) is 4.83. The van der Waals surface area contributed by atoms with Crippen molar-refractivity contribution in [2.45, 2.75) is 84.0 Å². The van der Waals surface area contributed by atoms with E-state index in [1.807, 2.05) is 0 Å². The number of aliphatic carboxylic acids is 7. The van der Waals surface area contributed by atoms with Crippen LogP contribution in [0.2, 0.25) is 0 Å². The summed E-state index contributed by atoms with van der Waals surface area (Å²) in [7, 11) is 0. The minimum Gasteiger partial charge on any atom is -0.481 e. The molecule has 18 heteroatoms. The van der Waals surface area contributed by atoms with Gasteiger partial charge in [-0.25, -0.2) is 20.0 Å². The quantitative estimate of drug-likeness (QED) is 0.0921. The smallest absolute Gasteiger partial charge is 0.307 e. The maximum Gasteiger partial charge on any atom is 0.307 e. The van der Waals surface area contributed by atoms with Crippen LogP contribution in [0, 0.1) is 0 Å². The summed E-state index contributed by atoms with van der Waals surface area (Å²) in [5, 5.41) is 68.1. The lowest BCUT2D eigenvalue weighted by Gasteiger charge is -2.10. The third-order valence-corrected chi connectivity index (χ3v) is 9.75. The van der Waals surface area contributed by atoms with Crippen molar-refractivity contribution in [1.82, 2.24) is 0 Å². The first-order valence-electron chi connectivity index (χ1n) is 18.0. The van der Waals surface area contributed by atoms with Crippen molar-refractivity contribution in [3.8, 4) is 0 Å². The van der Waals surface area contributed by atoms with Crippen LogP contribution in [0.1, 0.15) is 84.0 Å². The molecule has 302 valence electrons. The summed E-state index contributed by atoms with van der Waals surface area (Å²) in [6.45, 7) is 1.68. The molecule has 0 saturated heterocycles. The molecular weight excluding hydrogens is 760 g/mol. The molecular formula is C40H38N4O14. The highest BCUT2D eigenvalue weighted by Gasteiger charge is 2.33. The fourth-order valence-corrected chi connectivity index (χ4v) is 7.13. The zero-order valence-electron chi connectivity index (χ0n) is 31.1. The summed E-state index contributed by atoms with van der Waals surface area (Å²) >= 11 is 0. The van der Waals surface area contributed by atoms with Gasteiger partial charge in [-0.15, -0.1) is 0 Å². The van der Waals surface area contributed by atoms with Crippen LogP contribution in [-0.2, 0) is 33.6 Å². The Morgan fingerprint density at radius 2 is 0.621 bits per heavy atom. The van der Waals surface area contributed by atoms with Gasteiger partial charge >= 0.3 is 41.8 Å². The number of carbonyl (C=O) groups is 7. The normalized spacial score (nSPS) is 17.3. The molecule has 0 spiro atoms. The second kappa shape index (κ2) is 17.8. The molecule has 0 unspecified atom stereocenters. The number of carboxylic acids is 7. The van der Waals surface area contributed by atoms with Gasteiger partial charge in [0.1, 0.15) is 0 Å². The Hall–Kier alpha value is -7.11. The minimum absolute atomic E-state index is 0.00637. The molecule has 0 aromatic rings. The van der Waals surface area contributed by atoms with Crippen molar-refractivity contribution in [1.29, 1.82) is 0 Å². The van der Waals surface area contributed by atoms with E-state index in [0.717, 1.165) is 0 Å². The molecule has 18 nitrogen and oxygen atoms in total. The van der Waals surface area contributed by atoms with Crippen LogP contribution in [0.25, 0.3) is 0 Å². The SMILES string of the molecule is CC1=C(CCC(=O)O)C2=NC1=CC1=NC(=CC3=NC(=CC4=NC(=C2)C(CC(=O)O)=C4CCC(=O)O)C(CC(=O)O)=C3CCC(=O)O)C(CCC(=O)O)=C1CCC(=O)O. The van der Waals surface area contributed by atoms with Crippen LogP contribution < -0.4 is 0 Å². The van der Waals surface area contributed by atoms with Gasteiger partial charge in [0.15, 0.2) is 0 Å². The van der Waals surface area contributed by atoms with E-state index in [0.29, 0.717) is 22.3 Å². The number of hydrogen-bond acceptors (Lipinski definition) is 11. The van der Waals surface area contributed by atoms with Gasteiger partial charge in [-0.2, -0.15) is 0 Å². The maximum absolute atomic E-state index is 12.3. The third-order valence-electron chi connectivity index (χ3n) is 9.75. The Morgan fingerprint density at radius 3 is 0.966 bits per heavy atom. The van der Waals surface area contributed by atoms with E-state index in [-0.39, 0.29) is 119 Å². The zero-order valence-corrected chi connectivity index (χ0v) is 31.1. The number of carboxylic acid groups (broad SMARTS) is 7. The predicted molar refractivity (Wildman–Crippen MR) is 205 cm³/mol. The van der Waals surface area contributed by atoms with Gasteiger partial charge in [-0.3, -0.25) is 33.6 Å². The van der Waals surface area contributed by atoms with Crippen molar-refractivity contribution in [3.05, 3.63) is 91.7 Å². The highest BCUT2D eigenvalue weighted by Crippen LogP contribution is 2.40. The zero-order chi connectivity index (χ0) is 42.4. The number of aliphatic imine (C=N–C) groups is 4. The number of hydrogen-bond donors (Lipinski definition) is 7. The Morgan fingerprint density at radius 1 is 0.362 bits per heavy atom. The topological polar surface area (TPSA) is 311 Å². The van der Waals surface area contributed by atoms with Crippen LogP contribution in [0.4, 0.5) is 0 Å². The molecule has 5 rings (SSSR count). The molecule has 0 fully saturated rings. The van der Waals surface area contributed by atoms with E-state index in [4.69, 9.17) is 20.0 Å². The van der Waals surface area contributed by atoms with Gasteiger partial charge in [0.05, 0.1) is 58.5 Å². The Kier molecular flexibility index (Phi) is 12.9. The van der Waals surface area contributed by atoms with Crippen molar-refractivity contribution in [2.24, 2.45) is 20.0 Å². The largest absolute Gasteiger partial charge is 0.481 e. The fourth-order valence-electron chi connectivity index (χ4n) is 7.13. The Bertz CT molecular complexity index is 2340. The number of allylic oxidation sites excluding steroid dienone is 12. The number of fused-ring (bicyclic) bond motifs is 4. The van der Waals surface area contributed by atoms with E-state index >= 15 is 0 Å². The van der Waals surface area contributed by atoms with Gasteiger partial charge in [0.25, 0.3) is 0 Å². The third kappa shape index (κ3) is 10.00. The average molecular weight is 799 g/mol. The second-order valence-corrected chi connectivity index (χ2v) is 13.7. The maximum atomic E-state index is 12.3. The van der Waals surface area contributed by atoms with Crippen molar-refractivity contribution in [2.75, 3.05) is 0 Å². The van der Waals surface area contributed by atoms with Crippen LogP contribution in [-0.4, -0.2) is 100 Å². The summed E-state index contributed by atoms with van der Waals surface area (Å²) in [5.74, 6) is -8.40. The van der Waals surface area contributed by atoms with E-state index in [2.05, 4.69) is 0 Å². The van der Waals surface area contributed by atoms with Crippen molar-refractivity contribution < 1.29 is 69.3 Å². The summed E-state index contributed by atoms with van der Waals surface area (Å²) in [6, 6.07) is 0. The molecule has 5 aliphatic heterocycles. The molecule has 0 atom stereocenters. The molecule has 0 aliphatic carbocycles. The summed E-state index contributed by atoms with van der Waals surface area (Å²) < 4.78 is 0.